The van der Waals surface area contributed by atoms with Crippen molar-refractivity contribution >= 4 is 22.9 Å². The van der Waals surface area contributed by atoms with Gasteiger partial charge in [0.1, 0.15) is 0 Å². The standard InChI is InChI=1S/C11H11NOS2/c1-6-8-4-3-7-5-12-15-10(7)9(8)11(13-2)14-6/h5H,3-4H2,1-2H3. The van der Waals surface area contributed by atoms with Crippen LogP contribution in [0.3, 0.4) is 0 Å². The predicted octanol–water partition coefficient (Wildman–Crippen LogP) is 3.29. The number of rotatable bonds is 1. The zero-order valence-corrected chi connectivity index (χ0v) is 10.3. The number of nitrogens with zero attached hydrogens (tertiary/aromatic N) is 1. The molecular weight excluding hydrogens is 226 g/mol. The maximum Gasteiger partial charge on any atom is 0.182 e. The molecule has 2 aromatic heterocycles. The van der Waals surface area contributed by atoms with Crippen LogP contribution in [0, 0.1) is 6.92 Å². The molecule has 2 nitrogen and oxygen atoms in total. The number of hydrogen-bond acceptors (Lipinski definition) is 4. The normalized spacial score (nSPS) is 13.5. The number of hydrogen-bond donors (Lipinski definition) is 0. The molecule has 0 N–H and O–H groups in total. The molecule has 15 heavy (non-hydrogen) atoms. The fourth-order valence-electron chi connectivity index (χ4n) is 2.13. The summed E-state index contributed by atoms with van der Waals surface area (Å²) in [5, 5.41) is 1.05. The molecule has 1 aliphatic rings. The van der Waals surface area contributed by atoms with Crippen molar-refractivity contribution in [1.29, 1.82) is 0 Å². The zero-order chi connectivity index (χ0) is 10.4. The smallest absolute Gasteiger partial charge is 0.182 e. The van der Waals surface area contributed by atoms with E-state index in [1.807, 2.05) is 6.20 Å². The second kappa shape index (κ2) is 3.32. The van der Waals surface area contributed by atoms with Gasteiger partial charge in [0, 0.05) is 11.1 Å². The number of methoxy groups -OCH3 is 1. The third-order valence-corrected chi connectivity index (χ3v) is 4.85. The van der Waals surface area contributed by atoms with Crippen LogP contribution in [0.15, 0.2) is 6.20 Å². The molecule has 78 valence electrons. The SMILES string of the molecule is COc1sc(C)c2c1-c1sncc1CC2. The molecule has 2 aromatic rings. The van der Waals surface area contributed by atoms with E-state index < -0.39 is 0 Å². The Kier molecular flexibility index (Phi) is 2.07. The van der Waals surface area contributed by atoms with Crippen molar-refractivity contribution in [3.8, 4) is 15.5 Å². The average molecular weight is 237 g/mol. The molecule has 0 bridgehead atoms. The quantitative estimate of drug-likeness (QED) is 0.759. The van der Waals surface area contributed by atoms with Gasteiger partial charge in [0.15, 0.2) is 5.06 Å². The highest BCUT2D eigenvalue weighted by atomic mass is 32.1. The fraction of sp³-hybridized carbons (Fsp3) is 0.364. The highest BCUT2D eigenvalue weighted by molar-refractivity contribution is 7.15. The van der Waals surface area contributed by atoms with E-state index in [9.17, 15) is 0 Å². The summed E-state index contributed by atoms with van der Waals surface area (Å²) in [5.74, 6) is 0. The molecule has 0 unspecified atom stereocenters. The van der Waals surface area contributed by atoms with Crippen LogP contribution in [0.4, 0.5) is 0 Å². The van der Waals surface area contributed by atoms with Crippen molar-refractivity contribution in [2.24, 2.45) is 0 Å². The second-order valence-corrected chi connectivity index (χ2v) is 5.67. The number of fused-ring (bicyclic) bond motifs is 3. The van der Waals surface area contributed by atoms with Crippen LogP contribution < -0.4 is 4.74 Å². The van der Waals surface area contributed by atoms with Crippen molar-refractivity contribution in [2.45, 2.75) is 19.8 Å². The molecule has 0 aromatic carbocycles. The van der Waals surface area contributed by atoms with Crippen molar-refractivity contribution in [3.05, 3.63) is 22.2 Å². The Balaban J connectivity index is 2.30. The van der Waals surface area contributed by atoms with Crippen LogP contribution >= 0.6 is 22.9 Å². The number of aryl methyl sites for hydroxylation is 2. The molecule has 0 aliphatic heterocycles. The van der Waals surface area contributed by atoms with Gasteiger partial charge in [-0.3, -0.25) is 0 Å². The summed E-state index contributed by atoms with van der Waals surface area (Å²) in [6.45, 7) is 2.18. The van der Waals surface area contributed by atoms with E-state index in [4.69, 9.17) is 4.74 Å². The summed E-state index contributed by atoms with van der Waals surface area (Å²) in [6, 6.07) is 0. The first kappa shape index (κ1) is 9.36. The van der Waals surface area contributed by atoms with Crippen LogP contribution in [-0.4, -0.2) is 11.5 Å². The molecule has 1 aliphatic carbocycles. The van der Waals surface area contributed by atoms with E-state index in [0.29, 0.717) is 0 Å². The van der Waals surface area contributed by atoms with E-state index in [2.05, 4.69) is 11.3 Å². The lowest BCUT2D eigenvalue weighted by Crippen LogP contribution is -2.00. The molecule has 0 atom stereocenters. The van der Waals surface area contributed by atoms with Crippen LogP contribution in [0.25, 0.3) is 10.4 Å². The third-order valence-electron chi connectivity index (χ3n) is 2.88. The number of thiophene rings is 1. The topological polar surface area (TPSA) is 22.1 Å². The van der Waals surface area contributed by atoms with Crippen molar-refractivity contribution in [3.63, 3.8) is 0 Å². The van der Waals surface area contributed by atoms with E-state index in [-0.39, 0.29) is 0 Å². The minimum absolute atomic E-state index is 1.05. The first-order valence-corrected chi connectivity index (χ1v) is 6.50. The van der Waals surface area contributed by atoms with Gasteiger partial charge in [-0.2, -0.15) is 0 Å². The number of ether oxygens (including phenoxy) is 1. The molecular formula is C11H11NOS2. The summed E-state index contributed by atoms with van der Waals surface area (Å²) in [7, 11) is 1.75. The molecule has 0 saturated carbocycles. The van der Waals surface area contributed by atoms with Crippen LogP contribution in [-0.2, 0) is 12.8 Å². The Hall–Kier alpha value is -0.870. The lowest BCUT2D eigenvalue weighted by Gasteiger charge is -2.12. The number of aromatic nitrogens is 1. The molecule has 2 heterocycles. The monoisotopic (exact) mass is 237 g/mol. The Morgan fingerprint density at radius 2 is 2.27 bits per heavy atom. The minimum Gasteiger partial charge on any atom is -0.487 e. The zero-order valence-electron chi connectivity index (χ0n) is 8.66. The van der Waals surface area contributed by atoms with Gasteiger partial charge in [0.25, 0.3) is 0 Å². The van der Waals surface area contributed by atoms with Gasteiger partial charge >= 0.3 is 0 Å². The lowest BCUT2D eigenvalue weighted by molar-refractivity contribution is 0.428. The van der Waals surface area contributed by atoms with Gasteiger partial charge in [-0.05, 0) is 42.4 Å². The molecule has 0 spiro atoms. The maximum absolute atomic E-state index is 5.46. The summed E-state index contributed by atoms with van der Waals surface area (Å²) >= 11 is 3.34. The summed E-state index contributed by atoms with van der Waals surface area (Å²) in [5.41, 5.74) is 4.15. The Labute approximate surface area is 96.7 Å². The van der Waals surface area contributed by atoms with Crippen LogP contribution in [0.1, 0.15) is 16.0 Å². The molecule has 0 amide bonds. The summed E-state index contributed by atoms with van der Waals surface area (Å²) < 4.78 is 9.74. The lowest BCUT2D eigenvalue weighted by atomic mass is 9.94. The highest BCUT2D eigenvalue weighted by Gasteiger charge is 2.25. The largest absolute Gasteiger partial charge is 0.487 e. The van der Waals surface area contributed by atoms with E-state index in [1.54, 1.807) is 30.0 Å². The second-order valence-electron chi connectivity index (χ2n) is 3.68. The summed E-state index contributed by atoms with van der Waals surface area (Å²) in [4.78, 5) is 2.71. The molecule has 4 heteroatoms. The van der Waals surface area contributed by atoms with E-state index in [1.165, 1.54) is 26.4 Å². The molecule has 3 rings (SSSR count). The van der Waals surface area contributed by atoms with Gasteiger partial charge in [0.2, 0.25) is 0 Å². The van der Waals surface area contributed by atoms with E-state index >= 15 is 0 Å². The van der Waals surface area contributed by atoms with Crippen molar-refractivity contribution < 1.29 is 4.74 Å². The maximum atomic E-state index is 5.46. The van der Waals surface area contributed by atoms with Crippen LogP contribution in [0.2, 0.25) is 0 Å². The first-order chi connectivity index (χ1) is 7.31. The Morgan fingerprint density at radius 3 is 3.07 bits per heavy atom. The summed E-state index contributed by atoms with van der Waals surface area (Å²) in [6.07, 6.45) is 4.25. The molecule has 0 saturated heterocycles. The third kappa shape index (κ3) is 1.25. The van der Waals surface area contributed by atoms with Gasteiger partial charge in [-0.25, -0.2) is 4.37 Å². The Bertz CT molecular complexity index is 513. The van der Waals surface area contributed by atoms with E-state index in [0.717, 1.165) is 17.9 Å². The molecule has 0 radical (unpaired) electrons. The van der Waals surface area contributed by atoms with Crippen LogP contribution in [0.5, 0.6) is 5.06 Å². The minimum atomic E-state index is 1.05. The predicted molar refractivity (Wildman–Crippen MR) is 64.1 cm³/mol. The first-order valence-electron chi connectivity index (χ1n) is 4.91. The average Bonchev–Trinajstić information content (AvgIpc) is 2.81. The van der Waals surface area contributed by atoms with Crippen molar-refractivity contribution in [1.82, 2.24) is 4.37 Å². The van der Waals surface area contributed by atoms with Gasteiger partial charge in [-0.15, -0.1) is 11.3 Å². The molecule has 0 fully saturated rings. The van der Waals surface area contributed by atoms with Gasteiger partial charge in [-0.1, -0.05) is 0 Å². The Morgan fingerprint density at radius 1 is 1.40 bits per heavy atom. The van der Waals surface area contributed by atoms with Gasteiger partial charge < -0.3 is 4.74 Å². The fourth-order valence-corrected chi connectivity index (χ4v) is 4.07. The van der Waals surface area contributed by atoms with Gasteiger partial charge in [0.05, 0.1) is 17.6 Å². The highest BCUT2D eigenvalue weighted by Crippen LogP contribution is 2.48. The van der Waals surface area contributed by atoms with Crippen molar-refractivity contribution in [2.75, 3.05) is 7.11 Å².